The zero-order valence-corrected chi connectivity index (χ0v) is 19.8. The van der Waals surface area contributed by atoms with Crippen LogP contribution in [-0.4, -0.2) is 51.0 Å². The smallest absolute Gasteiger partial charge is 0.244 e. The first-order valence-electron chi connectivity index (χ1n) is 9.55. The van der Waals surface area contributed by atoms with Crippen LogP contribution in [0.5, 0.6) is 0 Å². The molecular weight excluding hydrogens is 461 g/mol. The zero-order valence-electron chi connectivity index (χ0n) is 17.5. The van der Waals surface area contributed by atoms with Crippen LogP contribution in [0.3, 0.4) is 0 Å². The second-order valence-corrected chi connectivity index (χ2v) is 9.71. The molecule has 0 saturated heterocycles. The van der Waals surface area contributed by atoms with Gasteiger partial charge >= 0.3 is 0 Å². The summed E-state index contributed by atoms with van der Waals surface area (Å²) in [6.07, 6.45) is 1.38. The van der Waals surface area contributed by atoms with Crippen molar-refractivity contribution in [1.82, 2.24) is 10.2 Å². The van der Waals surface area contributed by atoms with Crippen LogP contribution in [0.25, 0.3) is 0 Å². The minimum atomic E-state index is -3.77. The van der Waals surface area contributed by atoms with E-state index in [1.165, 1.54) is 24.1 Å². The monoisotopic (exact) mass is 485 g/mol. The Balaban J connectivity index is 2.40. The number of sulfonamides is 1. The Kier molecular flexibility index (Phi) is 8.73. The number of nitrogens with zero attached hydrogens (tertiary/aromatic N) is 2. The lowest BCUT2D eigenvalue weighted by atomic mass is 10.1. The van der Waals surface area contributed by atoms with Crippen LogP contribution in [0.2, 0.25) is 10.0 Å². The third-order valence-electron chi connectivity index (χ3n) is 4.69. The second-order valence-electron chi connectivity index (χ2n) is 6.93. The number of amides is 2. The summed E-state index contributed by atoms with van der Waals surface area (Å²) in [6.45, 7) is 1.46. The Bertz CT molecular complexity index is 1010. The number of hydrogen-bond acceptors (Lipinski definition) is 4. The molecule has 0 spiro atoms. The molecule has 0 bridgehead atoms. The number of carbonyl (C=O) groups excluding carboxylic acids is 2. The van der Waals surface area contributed by atoms with Crippen LogP contribution < -0.4 is 9.62 Å². The lowest BCUT2D eigenvalue weighted by Crippen LogP contribution is -2.51. The molecule has 1 atom stereocenters. The van der Waals surface area contributed by atoms with E-state index < -0.39 is 28.5 Å². The highest BCUT2D eigenvalue weighted by molar-refractivity contribution is 7.92. The van der Waals surface area contributed by atoms with Gasteiger partial charge in [-0.3, -0.25) is 13.9 Å². The van der Waals surface area contributed by atoms with Gasteiger partial charge in [-0.15, -0.1) is 0 Å². The first kappa shape index (κ1) is 25.0. The van der Waals surface area contributed by atoms with E-state index in [-0.39, 0.29) is 12.5 Å². The summed E-state index contributed by atoms with van der Waals surface area (Å²) in [7, 11) is -2.28. The molecule has 0 aliphatic heterocycles. The molecule has 2 rings (SSSR count). The Labute approximate surface area is 193 Å². The molecule has 2 aromatic carbocycles. The SMILES string of the molecule is CCC(C(=O)NC)N(Cc1ccc(Cl)cc1)C(=O)CN(c1ccc(Cl)cc1)S(C)(=O)=O. The van der Waals surface area contributed by atoms with Crippen molar-refractivity contribution in [3.8, 4) is 0 Å². The van der Waals surface area contributed by atoms with Gasteiger partial charge in [-0.25, -0.2) is 8.42 Å². The highest BCUT2D eigenvalue weighted by Crippen LogP contribution is 2.22. The molecule has 2 aromatic rings. The summed E-state index contributed by atoms with van der Waals surface area (Å²) < 4.78 is 25.9. The van der Waals surface area contributed by atoms with Gasteiger partial charge in [0.1, 0.15) is 12.6 Å². The Morgan fingerprint density at radius 2 is 1.52 bits per heavy atom. The van der Waals surface area contributed by atoms with Gasteiger partial charge in [-0.05, 0) is 48.4 Å². The van der Waals surface area contributed by atoms with E-state index in [0.29, 0.717) is 22.2 Å². The quantitative estimate of drug-likeness (QED) is 0.589. The standard InChI is InChI=1S/C21H25Cl2N3O4S/c1-4-19(21(28)24-2)25(13-15-5-7-16(22)8-6-15)20(27)14-26(31(3,29)30)18-11-9-17(23)10-12-18/h5-12,19H,4,13-14H2,1-3H3,(H,24,28). The van der Waals surface area contributed by atoms with Crippen LogP contribution >= 0.6 is 23.2 Å². The largest absolute Gasteiger partial charge is 0.357 e. The summed E-state index contributed by atoms with van der Waals surface area (Å²) in [4.78, 5) is 27.2. The number of rotatable bonds is 9. The van der Waals surface area contributed by atoms with Gasteiger partial charge in [-0.2, -0.15) is 0 Å². The fourth-order valence-electron chi connectivity index (χ4n) is 3.09. The van der Waals surface area contributed by atoms with Crippen molar-refractivity contribution in [1.29, 1.82) is 0 Å². The number of hydrogen-bond donors (Lipinski definition) is 1. The summed E-state index contributed by atoms with van der Waals surface area (Å²) in [6, 6.07) is 12.3. The molecule has 168 valence electrons. The third-order valence-corrected chi connectivity index (χ3v) is 6.34. The molecule has 0 heterocycles. The normalized spacial score (nSPS) is 12.2. The average molecular weight is 486 g/mol. The van der Waals surface area contributed by atoms with Gasteiger partial charge in [0, 0.05) is 23.6 Å². The van der Waals surface area contributed by atoms with E-state index in [1.807, 2.05) is 0 Å². The first-order valence-corrected chi connectivity index (χ1v) is 12.2. The van der Waals surface area contributed by atoms with Gasteiger partial charge in [0.15, 0.2) is 0 Å². The molecule has 1 N–H and O–H groups in total. The van der Waals surface area contributed by atoms with Crippen LogP contribution in [0, 0.1) is 0 Å². The van der Waals surface area contributed by atoms with Gasteiger partial charge in [-0.1, -0.05) is 42.3 Å². The number of anilines is 1. The molecule has 10 heteroatoms. The highest BCUT2D eigenvalue weighted by Gasteiger charge is 2.31. The van der Waals surface area contributed by atoms with Crippen molar-refractivity contribution in [3.05, 3.63) is 64.1 Å². The van der Waals surface area contributed by atoms with Crippen molar-refractivity contribution in [3.63, 3.8) is 0 Å². The summed E-state index contributed by atoms with van der Waals surface area (Å²) in [5.74, 6) is -0.840. The van der Waals surface area contributed by atoms with Crippen LogP contribution in [-0.2, 0) is 26.2 Å². The maximum atomic E-state index is 13.3. The molecule has 2 amide bonds. The van der Waals surface area contributed by atoms with Gasteiger partial charge in [0.25, 0.3) is 0 Å². The van der Waals surface area contributed by atoms with E-state index in [2.05, 4.69) is 5.32 Å². The topological polar surface area (TPSA) is 86.8 Å². The molecule has 0 aromatic heterocycles. The van der Waals surface area contributed by atoms with Crippen molar-refractivity contribution in [2.45, 2.75) is 25.9 Å². The first-order chi connectivity index (χ1) is 14.6. The molecule has 1 unspecified atom stereocenters. The zero-order chi connectivity index (χ0) is 23.2. The predicted octanol–water partition coefficient (Wildman–Crippen LogP) is 3.31. The number of benzene rings is 2. The van der Waals surface area contributed by atoms with Crippen molar-refractivity contribution < 1.29 is 18.0 Å². The number of carbonyl (C=O) groups is 2. The minimum Gasteiger partial charge on any atom is -0.357 e. The Morgan fingerprint density at radius 3 is 1.97 bits per heavy atom. The maximum Gasteiger partial charge on any atom is 0.244 e. The van der Waals surface area contributed by atoms with Crippen molar-refractivity contribution in [2.75, 3.05) is 24.2 Å². The van der Waals surface area contributed by atoms with Crippen LogP contribution in [0.4, 0.5) is 5.69 Å². The Hall–Kier alpha value is -2.29. The summed E-state index contributed by atoms with van der Waals surface area (Å²) in [5.41, 5.74) is 1.07. The minimum absolute atomic E-state index is 0.125. The van der Waals surface area contributed by atoms with E-state index in [0.717, 1.165) is 16.1 Å². The molecule has 0 radical (unpaired) electrons. The second kappa shape index (κ2) is 10.8. The third kappa shape index (κ3) is 6.85. The maximum absolute atomic E-state index is 13.3. The molecule has 0 aliphatic carbocycles. The number of halogens is 2. The molecule has 0 aliphatic rings. The molecule has 0 saturated carbocycles. The lowest BCUT2D eigenvalue weighted by molar-refractivity contribution is -0.140. The van der Waals surface area contributed by atoms with E-state index in [4.69, 9.17) is 23.2 Å². The van der Waals surface area contributed by atoms with Gasteiger partial charge < -0.3 is 10.2 Å². The summed E-state index contributed by atoms with van der Waals surface area (Å²) >= 11 is 11.8. The van der Waals surface area contributed by atoms with Gasteiger partial charge in [0.05, 0.1) is 11.9 Å². The molecule has 31 heavy (non-hydrogen) atoms. The average Bonchev–Trinajstić information content (AvgIpc) is 2.72. The molecular formula is C21H25Cl2N3O4S. The van der Waals surface area contributed by atoms with Crippen molar-refractivity contribution in [2.24, 2.45) is 0 Å². The molecule has 7 nitrogen and oxygen atoms in total. The fourth-order valence-corrected chi connectivity index (χ4v) is 4.20. The Morgan fingerprint density at radius 1 is 1.00 bits per heavy atom. The van der Waals surface area contributed by atoms with Gasteiger partial charge in [0.2, 0.25) is 21.8 Å². The lowest BCUT2D eigenvalue weighted by Gasteiger charge is -2.32. The van der Waals surface area contributed by atoms with E-state index >= 15 is 0 Å². The fraction of sp³-hybridized carbons (Fsp3) is 0.333. The van der Waals surface area contributed by atoms with Crippen molar-refractivity contribution >= 4 is 50.7 Å². The van der Waals surface area contributed by atoms with E-state index in [9.17, 15) is 18.0 Å². The van der Waals surface area contributed by atoms with Crippen LogP contribution in [0.1, 0.15) is 18.9 Å². The molecule has 0 fully saturated rings. The highest BCUT2D eigenvalue weighted by atomic mass is 35.5. The summed E-state index contributed by atoms with van der Waals surface area (Å²) in [5, 5.41) is 3.56. The van der Waals surface area contributed by atoms with Crippen LogP contribution in [0.15, 0.2) is 48.5 Å². The van der Waals surface area contributed by atoms with E-state index in [1.54, 1.807) is 43.3 Å². The number of likely N-dealkylation sites (N-methyl/N-ethyl adjacent to an activating group) is 1. The predicted molar refractivity (Wildman–Crippen MR) is 124 cm³/mol. The number of nitrogens with one attached hydrogen (secondary N) is 1.